The fraction of sp³-hybridized carbons (Fsp3) is 0.652. The Balaban J connectivity index is 1.66. The number of rotatable bonds is 4. The highest BCUT2D eigenvalue weighted by molar-refractivity contribution is 5.94. The molecule has 1 aromatic carbocycles. The Kier molecular flexibility index (Phi) is 6.01. The van der Waals surface area contributed by atoms with Crippen LogP contribution in [0.1, 0.15) is 69.8 Å². The molecule has 0 aliphatic carbocycles. The molecule has 0 unspecified atom stereocenters. The number of piperidine rings is 1. The molecule has 154 valence electrons. The first-order valence-corrected chi connectivity index (χ1v) is 10.7. The molecule has 1 amide bonds. The van der Waals surface area contributed by atoms with E-state index in [0.29, 0.717) is 6.54 Å². The second-order valence-corrected chi connectivity index (χ2v) is 9.25. The van der Waals surface area contributed by atoms with Gasteiger partial charge >= 0.3 is 0 Å². The maximum absolute atomic E-state index is 12.6. The van der Waals surface area contributed by atoms with E-state index in [1.807, 2.05) is 29.2 Å². The quantitative estimate of drug-likeness (QED) is 0.633. The maximum atomic E-state index is 12.6. The topological polar surface area (TPSA) is 47.9 Å². The molecular weight excluding hydrogens is 348 g/mol. The molecule has 0 atom stereocenters. The van der Waals surface area contributed by atoms with Gasteiger partial charge in [0.25, 0.3) is 5.91 Å². The van der Waals surface area contributed by atoms with Crippen molar-refractivity contribution in [2.75, 3.05) is 26.2 Å². The highest BCUT2D eigenvalue weighted by atomic mass is 16.2. The molecular formula is C23H36N4O. The molecule has 2 saturated heterocycles. The summed E-state index contributed by atoms with van der Waals surface area (Å²) in [7, 11) is 0. The van der Waals surface area contributed by atoms with Crippen LogP contribution in [0.3, 0.4) is 0 Å². The van der Waals surface area contributed by atoms with Crippen molar-refractivity contribution in [1.29, 1.82) is 0 Å². The highest BCUT2D eigenvalue weighted by Gasteiger charge is 2.53. The van der Waals surface area contributed by atoms with Gasteiger partial charge in [0.2, 0.25) is 0 Å². The smallest absolute Gasteiger partial charge is 0.253 e. The molecule has 1 aromatic rings. The van der Waals surface area contributed by atoms with Gasteiger partial charge in [0.1, 0.15) is 0 Å². The number of nitrogens with zero attached hydrogens (tertiary/aromatic N) is 3. The van der Waals surface area contributed by atoms with Crippen LogP contribution < -0.4 is 5.32 Å². The second kappa shape index (κ2) is 8.14. The number of guanidine groups is 1. The zero-order valence-corrected chi connectivity index (χ0v) is 18.2. The first kappa shape index (κ1) is 20.7. The molecule has 1 N–H and O–H groups in total. The SMILES string of the molecule is CCNC(=NCc1ccc(C(=O)N2CCCCC2)cc1)N1CC(C)(C)C1(C)C. The van der Waals surface area contributed by atoms with Crippen LogP contribution in [0.15, 0.2) is 29.3 Å². The van der Waals surface area contributed by atoms with Crippen LogP contribution >= 0.6 is 0 Å². The van der Waals surface area contributed by atoms with Crippen molar-refractivity contribution >= 4 is 11.9 Å². The van der Waals surface area contributed by atoms with Crippen molar-refractivity contribution in [3.63, 3.8) is 0 Å². The second-order valence-electron chi connectivity index (χ2n) is 9.25. The van der Waals surface area contributed by atoms with E-state index < -0.39 is 0 Å². The van der Waals surface area contributed by atoms with Crippen LogP contribution in [-0.4, -0.2) is 53.4 Å². The molecule has 2 aliphatic rings. The molecule has 0 aromatic heterocycles. The fourth-order valence-electron chi connectivity index (χ4n) is 3.99. The lowest BCUT2D eigenvalue weighted by Gasteiger charge is -2.62. The van der Waals surface area contributed by atoms with Crippen molar-refractivity contribution < 1.29 is 4.79 Å². The van der Waals surface area contributed by atoms with Gasteiger partial charge in [-0.25, -0.2) is 4.99 Å². The maximum Gasteiger partial charge on any atom is 0.253 e. The molecule has 2 fully saturated rings. The Morgan fingerprint density at radius 2 is 1.71 bits per heavy atom. The molecule has 5 nitrogen and oxygen atoms in total. The van der Waals surface area contributed by atoms with Crippen LogP contribution in [0.2, 0.25) is 0 Å². The van der Waals surface area contributed by atoms with Crippen molar-refractivity contribution in [3.8, 4) is 0 Å². The van der Waals surface area contributed by atoms with Crippen LogP contribution in [-0.2, 0) is 6.54 Å². The lowest BCUT2D eigenvalue weighted by atomic mass is 9.65. The molecule has 2 aliphatic heterocycles. The van der Waals surface area contributed by atoms with Crippen LogP contribution in [0.5, 0.6) is 0 Å². The Labute approximate surface area is 170 Å². The van der Waals surface area contributed by atoms with Gasteiger partial charge in [-0.3, -0.25) is 4.79 Å². The first-order chi connectivity index (χ1) is 13.3. The minimum atomic E-state index is 0.0821. The number of likely N-dealkylation sites (tertiary alicyclic amines) is 2. The third-order valence-electron chi connectivity index (χ3n) is 6.73. The first-order valence-electron chi connectivity index (χ1n) is 10.7. The zero-order chi connectivity index (χ0) is 20.4. The van der Waals surface area contributed by atoms with Crippen LogP contribution in [0, 0.1) is 5.41 Å². The van der Waals surface area contributed by atoms with E-state index in [4.69, 9.17) is 4.99 Å². The van der Waals surface area contributed by atoms with Crippen molar-refractivity contribution in [2.45, 2.75) is 66.0 Å². The van der Waals surface area contributed by atoms with E-state index in [9.17, 15) is 4.79 Å². The predicted octanol–water partition coefficient (Wildman–Crippen LogP) is 3.90. The third-order valence-corrected chi connectivity index (χ3v) is 6.73. The molecule has 5 heteroatoms. The van der Waals surface area contributed by atoms with E-state index in [1.165, 1.54) is 6.42 Å². The summed E-state index contributed by atoms with van der Waals surface area (Å²) in [6, 6.07) is 7.97. The number of carbonyl (C=O) groups is 1. The zero-order valence-electron chi connectivity index (χ0n) is 18.2. The predicted molar refractivity (Wildman–Crippen MR) is 116 cm³/mol. The summed E-state index contributed by atoms with van der Waals surface area (Å²) in [5.41, 5.74) is 2.27. The highest BCUT2D eigenvalue weighted by Crippen LogP contribution is 2.46. The van der Waals surface area contributed by atoms with E-state index in [2.05, 4.69) is 44.8 Å². The van der Waals surface area contributed by atoms with E-state index in [0.717, 1.165) is 56.1 Å². The summed E-state index contributed by atoms with van der Waals surface area (Å²) >= 11 is 0. The summed E-state index contributed by atoms with van der Waals surface area (Å²) in [4.78, 5) is 21.8. The summed E-state index contributed by atoms with van der Waals surface area (Å²) in [6.07, 6.45) is 3.48. The molecule has 2 heterocycles. The Bertz CT molecular complexity index is 715. The van der Waals surface area contributed by atoms with Crippen molar-refractivity contribution in [2.24, 2.45) is 10.4 Å². The van der Waals surface area contributed by atoms with E-state index in [1.54, 1.807) is 0 Å². The van der Waals surface area contributed by atoms with Gasteiger partial charge in [0.05, 0.1) is 6.54 Å². The van der Waals surface area contributed by atoms with E-state index >= 15 is 0 Å². The van der Waals surface area contributed by atoms with Gasteiger partial charge in [-0.05, 0) is 57.7 Å². The van der Waals surface area contributed by atoms with Crippen LogP contribution in [0.25, 0.3) is 0 Å². The normalized spacial score (nSPS) is 21.2. The largest absolute Gasteiger partial charge is 0.356 e. The molecule has 28 heavy (non-hydrogen) atoms. The van der Waals surface area contributed by atoms with Gasteiger partial charge in [0.15, 0.2) is 5.96 Å². The van der Waals surface area contributed by atoms with Crippen molar-refractivity contribution in [1.82, 2.24) is 15.1 Å². The lowest BCUT2D eigenvalue weighted by Crippen LogP contribution is -2.72. The summed E-state index contributed by atoms with van der Waals surface area (Å²) in [5, 5.41) is 3.44. The fourth-order valence-corrected chi connectivity index (χ4v) is 3.99. The minimum Gasteiger partial charge on any atom is -0.356 e. The summed E-state index contributed by atoms with van der Waals surface area (Å²) < 4.78 is 0. The number of hydrogen-bond acceptors (Lipinski definition) is 2. The number of carbonyl (C=O) groups excluding carboxylic acids is 1. The molecule has 3 rings (SSSR count). The van der Waals surface area contributed by atoms with E-state index in [-0.39, 0.29) is 16.9 Å². The minimum absolute atomic E-state index is 0.0821. The average molecular weight is 385 g/mol. The molecule has 0 saturated carbocycles. The number of benzene rings is 1. The van der Waals surface area contributed by atoms with Gasteiger partial charge in [-0.2, -0.15) is 0 Å². The molecule has 0 radical (unpaired) electrons. The monoisotopic (exact) mass is 384 g/mol. The lowest BCUT2D eigenvalue weighted by molar-refractivity contribution is -0.0667. The van der Waals surface area contributed by atoms with Crippen LogP contribution in [0.4, 0.5) is 0 Å². The summed E-state index contributed by atoms with van der Waals surface area (Å²) in [5.74, 6) is 1.13. The van der Waals surface area contributed by atoms with Gasteiger partial charge in [-0.1, -0.05) is 26.0 Å². The van der Waals surface area contributed by atoms with Crippen molar-refractivity contribution in [3.05, 3.63) is 35.4 Å². The van der Waals surface area contributed by atoms with Gasteiger partial charge in [-0.15, -0.1) is 0 Å². The Hall–Kier alpha value is -2.04. The summed E-state index contributed by atoms with van der Waals surface area (Å²) in [6.45, 7) is 15.6. The number of aliphatic imine (C=N–C) groups is 1. The molecule has 0 bridgehead atoms. The number of hydrogen-bond donors (Lipinski definition) is 1. The third kappa shape index (κ3) is 4.03. The van der Waals surface area contributed by atoms with Gasteiger partial charge in [0, 0.05) is 42.7 Å². The number of amides is 1. The standard InChI is InChI=1S/C23H36N4O/c1-6-24-21(27-17-22(2,3)23(27,4)5)25-16-18-10-12-19(13-11-18)20(28)26-14-8-7-9-15-26/h10-13H,6-9,14-17H2,1-5H3,(H,24,25). The van der Waals surface area contributed by atoms with Gasteiger partial charge < -0.3 is 15.1 Å². The average Bonchev–Trinajstić information content (AvgIpc) is 2.70. The Morgan fingerprint density at radius 1 is 1.07 bits per heavy atom. The number of nitrogens with one attached hydrogen (secondary N) is 1. The Morgan fingerprint density at radius 3 is 2.25 bits per heavy atom. The molecule has 0 spiro atoms.